The lowest BCUT2D eigenvalue weighted by molar-refractivity contribution is -0.116. The van der Waals surface area contributed by atoms with Crippen molar-refractivity contribution in [2.75, 3.05) is 25.5 Å². The molecule has 0 saturated carbocycles. The van der Waals surface area contributed by atoms with Gasteiger partial charge in [0.05, 0.1) is 0 Å². The van der Waals surface area contributed by atoms with Crippen LogP contribution in [0.25, 0.3) is 0 Å². The van der Waals surface area contributed by atoms with E-state index in [1.54, 1.807) is 7.05 Å². The number of guanidine groups is 1. The summed E-state index contributed by atoms with van der Waals surface area (Å²) in [5.74, 6) is 1.20. The third kappa shape index (κ3) is 11.7. The number of hydrogen-bond donors (Lipinski definition) is 3. The SMILES string of the molecule is CN=C(NCCCN(C(C)C)C(C)C)NCc1cccc(NC(=O)CC(C)C)c1.I. The Kier molecular flexibility index (Phi) is 14.8. The van der Waals surface area contributed by atoms with Crippen LogP contribution in [0.15, 0.2) is 29.3 Å². The Labute approximate surface area is 200 Å². The van der Waals surface area contributed by atoms with Crippen LogP contribution in [0.4, 0.5) is 5.69 Å². The van der Waals surface area contributed by atoms with E-state index >= 15 is 0 Å². The van der Waals surface area contributed by atoms with Gasteiger partial charge in [-0.1, -0.05) is 26.0 Å². The first-order valence-corrected chi connectivity index (χ1v) is 10.8. The summed E-state index contributed by atoms with van der Waals surface area (Å²) in [6.07, 6.45) is 1.60. The molecule has 0 aromatic heterocycles. The Morgan fingerprint density at radius 2 is 1.73 bits per heavy atom. The molecule has 1 aromatic carbocycles. The fourth-order valence-corrected chi connectivity index (χ4v) is 3.33. The van der Waals surface area contributed by atoms with E-state index in [-0.39, 0.29) is 29.9 Å². The molecule has 1 amide bonds. The van der Waals surface area contributed by atoms with Crippen LogP contribution in [0.3, 0.4) is 0 Å². The molecule has 0 spiro atoms. The van der Waals surface area contributed by atoms with E-state index in [4.69, 9.17) is 0 Å². The van der Waals surface area contributed by atoms with Crippen molar-refractivity contribution >= 4 is 41.5 Å². The molecule has 0 bridgehead atoms. The second-order valence-electron chi connectivity index (χ2n) is 8.48. The van der Waals surface area contributed by atoms with Gasteiger partial charge in [-0.25, -0.2) is 0 Å². The molecule has 0 atom stereocenters. The van der Waals surface area contributed by atoms with Crippen molar-refractivity contribution in [1.29, 1.82) is 0 Å². The molecule has 30 heavy (non-hydrogen) atoms. The lowest BCUT2D eigenvalue weighted by Gasteiger charge is -2.30. The molecule has 172 valence electrons. The zero-order valence-electron chi connectivity index (χ0n) is 19.8. The number of aliphatic imine (C=N–C) groups is 1. The van der Waals surface area contributed by atoms with Gasteiger partial charge < -0.3 is 16.0 Å². The average molecular weight is 532 g/mol. The Balaban J connectivity index is 0.00000841. The maximum Gasteiger partial charge on any atom is 0.224 e. The summed E-state index contributed by atoms with van der Waals surface area (Å²) in [6.45, 7) is 15.7. The summed E-state index contributed by atoms with van der Waals surface area (Å²) in [5, 5.41) is 9.70. The molecule has 0 unspecified atom stereocenters. The molecule has 0 fully saturated rings. The molecule has 6 nitrogen and oxygen atoms in total. The van der Waals surface area contributed by atoms with Gasteiger partial charge in [0.15, 0.2) is 5.96 Å². The predicted octanol–water partition coefficient (Wildman–Crippen LogP) is 4.46. The fraction of sp³-hybridized carbons (Fsp3) is 0.652. The van der Waals surface area contributed by atoms with Gasteiger partial charge in [-0.2, -0.15) is 0 Å². The minimum Gasteiger partial charge on any atom is -0.356 e. The van der Waals surface area contributed by atoms with Crippen LogP contribution in [0.1, 0.15) is 59.9 Å². The molecule has 3 N–H and O–H groups in total. The first-order chi connectivity index (χ1) is 13.7. The number of nitrogens with zero attached hydrogens (tertiary/aromatic N) is 2. The summed E-state index contributed by atoms with van der Waals surface area (Å²) in [4.78, 5) is 18.8. The minimum atomic E-state index is 0. The van der Waals surface area contributed by atoms with Crippen LogP contribution >= 0.6 is 24.0 Å². The molecule has 1 aromatic rings. The maximum absolute atomic E-state index is 12.0. The molecule has 0 aliphatic rings. The van der Waals surface area contributed by atoms with Crippen LogP contribution < -0.4 is 16.0 Å². The topological polar surface area (TPSA) is 68.8 Å². The zero-order valence-corrected chi connectivity index (χ0v) is 22.1. The maximum atomic E-state index is 12.0. The molecule has 0 saturated heterocycles. The van der Waals surface area contributed by atoms with E-state index in [2.05, 4.69) is 53.5 Å². The molecule has 0 aliphatic carbocycles. The van der Waals surface area contributed by atoms with Gasteiger partial charge in [-0.05, 0) is 57.7 Å². The number of hydrogen-bond acceptors (Lipinski definition) is 3. The van der Waals surface area contributed by atoms with Crippen molar-refractivity contribution in [2.24, 2.45) is 10.9 Å². The number of anilines is 1. The third-order valence-corrected chi connectivity index (χ3v) is 4.70. The smallest absolute Gasteiger partial charge is 0.224 e. The van der Waals surface area contributed by atoms with Gasteiger partial charge in [0.25, 0.3) is 0 Å². The number of halogens is 1. The first-order valence-electron chi connectivity index (χ1n) is 10.8. The summed E-state index contributed by atoms with van der Waals surface area (Å²) in [6, 6.07) is 9.04. The number of rotatable bonds is 11. The van der Waals surface area contributed by atoms with E-state index in [0.29, 0.717) is 31.0 Å². The number of carbonyl (C=O) groups is 1. The van der Waals surface area contributed by atoms with Gasteiger partial charge in [-0.15, -0.1) is 24.0 Å². The largest absolute Gasteiger partial charge is 0.356 e. The summed E-state index contributed by atoms with van der Waals surface area (Å²) in [5.41, 5.74) is 1.93. The average Bonchev–Trinajstić information content (AvgIpc) is 2.62. The lowest BCUT2D eigenvalue weighted by Crippen LogP contribution is -2.41. The molecule has 0 heterocycles. The van der Waals surface area contributed by atoms with Crippen LogP contribution in [-0.2, 0) is 11.3 Å². The molecular formula is C23H42IN5O. The second-order valence-corrected chi connectivity index (χ2v) is 8.48. The predicted molar refractivity (Wildman–Crippen MR) is 140 cm³/mol. The van der Waals surface area contributed by atoms with Gasteiger partial charge in [-0.3, -0.25) is 14.7 Å². The molecule has 0 aliphatic heterocycles. The number of nitrogens with one attached hydrogen (secondary N) is 3. The van der Waals surface area contributed by atoms with E-state index < -0.39 is 0 Å². The van der Waals surface area contributed by atoms with E-state index in [9.17, 15) is 4.79 Å². The monoisotopic (exact) mass is 531 g/mol. The summed E-state index contributed by atoms with van der Waals surface area (Å²) in [7, 11) is 1.78. The van der Waals surface area contributed by atoms with E-state index in [1.165, 1.54) is 0 Å². The van der Waals surface area contributed by atoms with Gasteiger partial charge in [0.1, 0.15) is 0 Å². The number of carbonyl (C=O) groups excluding carboxylic acids is 1. The zero-order chi connectivity index (χ0) is 21.8. The molecular weight excluding hydrogens is 489 g/mol. The highest BCUT2D eigenvalue weighted by molar-refractivity contribution is 14.0. The van der Waals surface area contributed by atoms with Gasteiger partial charge in [0, 0.05) is 50.9 Å². The van der Waals surface area contributed by atoms with Crippen molar-refractivity contribution in [3.63, 3.8) is 0 Å². The molecule has 0 radical (unpaired) electrons. The third-order valence-electron chi connectivity index (χ3n) is 4.70. The van der Waals surface area contributed by atoms with E-state index in [0.717, 1.165) is 36.7 Å². The Morgan fingerprint density at radius 1 is 1.07 bits per heavy atom. The second kappa shape index (κ2) is 15.5. The first kappa shape index (κ1) is 28.6. The summed E-state index contributed by atoms with van der Waals surface area (Å²) < 4.78 is 0. The Morgan fingerprint density at radius 3 is 2.30 bits per heavy atom. The van der Waals surface area contributed by atoms with Gasteiger partial charge in [0.2, 0.25) is 5.91 Å². The fourth-order valence-electron chi connectivity index (χ4n) is 3.33. The van der Waals surface area contributed by atoms with Crippen molar-refractivity contribution < 1.29 is 4.79 Å². The van der Waals surface area contributed by atoms with Crippen molar-refractivity contribution in [3.05, 3.63) is 29.8 Å². The standard InChI is InChI=1S/C23H41N5O.HI/c1-17(2)14-22(29)27-21-11-8-10-20(15-21)16-26-23(24-7)25-12-9-13-28(18(3)4)19(5)6;/h8,10-11,15,17-19H,9,12-14,16H2,1-7H3,(H,27,29)(H2,24,25,26);1H. The summed E-state index contributed by atoms with van der Waals surface area (Å²) >= 11 is 0. The van der Waals surface area contributed by atoms with Crippen LogP contribution in [0.5, 0.6) is 0 Å². The Hall–Kier alpha value is -1.35. The number of benzene rings is 1. The van der Waals surface area contributed by atoms with Crippen LogP contribution in [-0.4, -0.2) is 49.0 Å². The number of amides is 1. The quantitative estimate of drug-likeness (QED) is 0.171. The highest BCUT2D eigenvalue weighted by Crippen LogP contribution is 2.12. The van der Waals surface area contributed by atoms with E-state index in [1.807, 2.05) is 38.1 Å². The van der Waals surface area contributed by atoms with Gasteiger partial charge >= 0.3 is 0 Å². The lowest BCUT2D eigenvalue weighted by atomic mass is 10.1. The van der Waals surface area contributed by atoms with Crippen molar-refractivity contribution in [2.45, 2.75) is 73.0 Å². The molecule has 7 heteroatoms. The van der Waals surface area contributed by atoms with Crippen LogP contribution in [0, 0.1) is 5.92 Å². The van der Waals surface area contributed by atoms with Crippen molar-refractivity contribution in [1.82, 2.24) is 15.5 Å². The minimum absolute atomic E-state index is 0. The van der Waals surface area contributed by atoms with Crippen molar-refractivity contribution in [3.8, 4) is 0 Å². The highest BCUT2D eigenvalue weighted by Gasteiger charge is 2.12. The normalized spacial score (nSPS) is 11.8. The van der Waals surface area contributed by atoms with Crippen LogP contribution in [0.2, 0.25) is 0 Å². The highest BCUT2D eigenvalue weighted by atomic mass is 127. The molecule has 1 rings (SSSR count). The Bertz CT molecular complexity index is 638.